The predicted octanol–water partition coefficient (Wildman–Crippen LogP) is 19.1. The van der Waals surface area contributed by atoms with E-state index in [2.05, 4.69) is 276 Å². The molecular formula is C68H44N2O. The molecule has 0 radical (unpaired) electrons. The second kappa shape index (κ2) is 16.7. The van der Waals surface area contributed by atoms with Gasteiger partial charge in [0.1, 0.15) is 11.2 Å². The highest BCUT2D eigenvalue weighted by Gasteiger charge is 2.22. The average Bonchev–Trinajstić information content (AvgIpc) is 4.00. The monoisotopic (exact) mass is 904 g/mol. The highest BCUT2D eigenvalue weighted by atomic mass is 16.3. The van der Waals surface area contributed by atoms with Crippen molar-refractivity contribution in [2.75, 3.05) is 4.90 Å². The van der Waals surface area contributed by atoms with Gasteiger partial charge < -0.3 is 13.9 Å². The van der Waals surface area contributed by atoms with Crippen LogP contribution in [0.25, 0.3) is 115 Å². The smallest absolute Gasteiger partial charge is 0.143 e. The lowest BCUT2D eigenvalue weighted by Gasteiger charge is -2.29. The van der Waals surface area contributed by atoms with Gasteiger partial charge in [0.25, 0.3) is 0 Å². The van der Waals surface area contributed by atoms with Crippen LogP contribution in [0.5, 0.6) is 0 Å². The van der Waals surface area contributed by atoms with Crippen LogP contribution in [-0.4, -0.2) is 4.57 Å². The van der Waals surface area contributed by atoms with Gasteiger partial charge in [-0.2, -0.15) is 0 Å². The van der Waals surface area contributed by atoms with Crippen molar-refractivity contribution in [3.8, 4) is 50.2 Å². The van der Waals surface area contributed by atoms with Crippen molar-refractivity contribution >= 4 is 82.4 Å². The number of benzene rings is 12. The fraction of sp³-hybridized carbons (Fsp3) is 0. The minimum atomic E-state index is 0.879. The van der Waals surface area contributed by atoms with Crippen molar-refractivity contribution in [3.05, 3.63) is 267 Å². The molecule has 0 N–H and O–H groups in total. The minimum Gasteiger partial charge on any atom is -0.455 e. The molecule has 0 aliphatic heterocycles. The topological polar surface area (TPSA) is 21.3 Å². The zero-order valence-electron chi connectivity index (χ0n) is 38.7. The summed E-state index contributed by atoms with van der Waals surface area (Å²) in [5, 5.41) is 9.49. The maximum atomic E-state index is 6.69. The fourth-order valence-electron chi connectivity index (χ4n) is 11.1. The molecule has 0 fully saturated rings. The summed E-state index contributed by atoms with van der Waals surface area (Å²) < 4.78 is 9.07. The van der Waals surface area contributed by atoms with E-state index in [0.29, 0.717) is 0 Å². The maximum Gasteiger partial charge on any atom is 0.143 e. The Bertz CT molecular complexity index is 4290. The fourth-order valence-corrected chi connectivity index (χ4v) is 11.1. The van der Waals surface area contributed by atoms with E-state index in [4.69, 9.17) is 4.42 Å². The molecule has 0 saturated carbocycles. The number of aromatic nitrogens is 1. The van der Waals surface area contributed by atoms with Gasteiger partial charge in [-0.25, -0.2) is 0 Å². The van der Waals surface area contributed by atoms with Gasteiger partial charge in [-0.1, -0.05) is 194 Å². The summed E-state index contributed by atoms with van der Waals surface area (Å²) in [6.45, 7) is 0. The third kappa shape index (κ3) is 6.82. The summed E-state index contributed by atoms with van der Waals surface area (Å²) in [5.41, 5.74) is 17.7. The molecule has 0 unspecified atom stereocenters. The van der Waals surface area contributed by atoms with Gasteiger partial charge in [0.05, 0.1) is 16.7 Å². The van der Waals surface area contributed by atoms with E-state index < -0.39 is 0 Å². The first-order valence-corrected chi connectivity index (χ1v) is 24.3. The van der Waals surface area contributed by atoms with Gasteiger partial charge in [0.2, 0.25) is 0 Å². The highest BCUT2D eigenvalue weighted by Crippen LogP contribution is 2.46. The van der Waals surface area contributed by atoms with Gasteiger partial charge in [-0.15, -0.1) is 0 Å². The van der Waals surface area contributed by atoms with Crippen LogP contribution in [0.1, 0.15) is 0 Å². The van der Waals surface area contributed by atoms with Crippen molar-refractivity contribution < 1.29 is 4.42 Å². The summed E-state index contributed by atoms with van der Waals surface area (Å²) in [7, 11) is 0. The third-order valence-electron chi connectivity index (χ3n) is 14.4. The van der Waals surface area contributed by atoms with Crippen molar-refractivity contribution in [1.29, 1.82) is 0 Å². The predicted molar refractivity (Wildman–Crippen MR) is 299 cm³/mol. The normalized spacial score (nSPS) is 11.7. The summed E-state index contributed by atoms with van der Waals surface area (Å²) in [6, 6.07) is 96.8. The minimum absolute atomic E-state index is 0.879. The van der Waals surface area contributed by atoms with E-state index in [1.807, 2.05) is 0 Å². The largest absolute Gasteiger partial charge is 0.455 e. The van der Waals surface area contributed by atoms with Gasteiger partial charge in [-0.3, -0.25) is 0 Å². The molecule has 12 aromatic carbocycles. The van der Waals surface area contributed by atoms with Crippen molar-refractivity contribution in [2.45, 2.75) is 0 Å². The summed E-state index contributed by atoms with van der Waals surface area (Å²) >= 11 is 0. The standard InChI is InChI=1S/C68H44N2O/c1-2-16-47(17-3-1)62-44-51(56-29-14-20-46-18-4-6-25-55(46)56)37-41-65(62)69(53-23-13-22-50(43-53)57-30-15-33-66-67(57)61-40-36-48-19-5-7-26-58(48)68(61)71-66)52-38-34-45(35-39-52)49-21-12-24-54(42-49)70-63-31-10-8-27-59(63)60-28-9-11-32-64(60)70/h1-44H. The lowest BCUT2D eigenvalue weighted by atomic mass is 9.93. The Morgan fingerprint density at radius 1 is 0.310 bits per heavy atom. The molecule has 3 nitrogen and oxygen atoms in total. The maximum absolute atomic E-state index is 6.69. The van der Waals surface area contributed by atoms with Crippen LogP contribution in [0.4, 0.5) is 17.1 Å². The number of hydrogen-bond acceptors (Lipinski definition) is 2. The highest BCUT2D eigenvalue weighted by molar-refractivity contribution is 6.19. The van der Waals surface area contributed by atoms with Crippen molar-refractivity contribution in [3.63, 3.8) is 0 Å². The van der Waals surface area contributed by atoms with E-state index in [9.17, 15) is 0 Å². The van der Waals surface area contributed by atoms with Crippen LogP contribution in [0.15, 0.2) is 271 Å². The molecule has 0 aliphatic rings. The first kappa shape index (κ1) is 40.6. The van der Waals surface area contributed by atoms with Gasteiger partial charge in [0, 0.05) is 49.6 Å². The summed E-state index contributed by atoms with van der Waals surface area (Å²) in [6.07, 6.45) is 0. The quantitative estimate of drug-likeness (QED) is 0.151. The third-order valence-corrected chi connectivity index (χ3v) is 14.4. The summed E-state index contributed by atoms with van der Waals surface area (Å²) in [4.78, 5) is 2.43. The Morgan fingerprint density at radius 3 is 1.70 bits per heavy atom. The Labute approximate surface area is 411 Å². The first-order valence-electron chi connectivity index (χ1n) is 24.3. The Hall–Kier alpha value is -9.44. The molecule has 0 bridgehead atoms. The SMILES string of the molecule is c1ccc(-c2cc(-c3cccc4ccccc34)ccc2N(c2ccc(-c3cccc(-n4c5ccccc5c5ccccc54)c3)cc2)c2cccc(-c3cccc4oc5c6ccccc6ccc5c34)c2)cc1. The molecule has 0 spiro atoms. The van der Waals surface area contributed by atoms with E-state index >= 15 is 0 Å². The van der Waals surface area contributed by atoms with Gasteiger partial charge in [0.15, 0.2) is 0 Å². The first-order chi connectivity index (χ1) is 35.2. The van der Waals surface area contributed by atoms with Crippen LogP contribution in [0, 0.1) is 0 Å². The Morgan fingerprint density at radius 2 is 0.901 bits per heavy atom. The lowest BCUT2D eigenvalue weighted by Crippen LogP contribution is -2.11. The molecule has 2 heterocycles. The number of hydrogen-bond donors (Lipinski definition) is 0. The van der Waals surface area contributed by atoms with E-state index in [0.717, 1.165) is 83.5 Å². The number of para-hydroxylation sites is 2. The van der Waals surface area contributed by atoms with Gasteiger partial charge in [-0.05, 0) is 128 Å². The van der Waals surface area contributed by atoms with Crippen LogP contribution in [0.3, 0.4) is 0 Å². The Balaban J connectivity index is 0.941. The molecule has 0 atom stereocenters. The second-order valence-corrected chi connectivity index (χ2v) is 18.4. The number of fused-ring (bicyclic) bond motifs is 9. The summed E-state index contributed by atoms with van der Waals surface area (Å²) in [5.74, 6) is 0. The molecule has 3 heteroatoms. The number of anilines is 3. The zero-order valence-corrected chi connectivity index (χ0v) is 38.7. The van der Waals surface area contributed by atoms with Crippen LogP contribution >= 0.6 is 0 Å². The second-order valence-electron chi connectivity index (χ2n) is 18.4. The molecule has 0 saturated heterocycles. The van der Waals surface area contributed by atoms with Crippen molar-refractivity contribution in [1.82, 2.24) is 4.57 Å². The molecule has 0 amide bonds. The molecule has 14 rings (SSSR count). The molecule has 0 aliphatic carbocycles. The zero-order chi connectivity index (χ0) is 46.8. The van der Waals surface area contributed by atoms with Crippen LogP contribution in [-0.2, 0) is 0 Å². The molecule has 332 valence electrons. The Kier molecular flexibility index (Phi) is 9.53. The molecule has 14 aromatic rings. The molecule has 2 aromatic heterocycles. The molecular weight excluding hydrogens is 861 g/mol. The number of nitrogens with zero attached hydrogens (tertiary/aromatic N) is 2. The van der Waals surface area contributed by atoms with E-state index in [1.54, 1.807) is 0 Å². The molecule has 71 heavy (non-hydrogen) atoms. The number of rotatable bonds is 8. The van der Waals surface area contributed by atoms with Gasteiger partial charge >= 0.3 is 0 Å². The van der Waals surface area contributed by atoms with E-state index in [-0.39, 0.29) is 0 Å². The van der Waals surface area contributed by atoms with E-state index in [1.165, 1.54) is 49.1 Å². The van der Waals surface area contributed by atoms with Crippen LogP contribution in [0.2, 0.25) is 0 Å². The lowest BCUT2D eigenvalue weighted by molar-refractivity contribution is 0.673. The average molecular weight is 905 g/mol. The van der Waals surface area contributed by atoms with Crippen LogP contribution < -0.4 is 4.90 Å². The van der Waals surface area contributed by atoms with Crippen molar-refractivity contribution in [2.24, 2.45) is 0 Å². The number of furan rings is 1.